The number of rotatable bonds is 8. The monoisotopic (exact) mass is 377 g/mol. The van der Waals surface area contributed by atoms with E-state index in [2.05, 4.69) is 5.32 Å². The van der Waals surface area contributed by atoms with Gasteiger partial charge in [-0.3, -0.25) is 4.79 Å². The molecule has 0 aliphatic rings. The minimum atomic E-state index is -0.678. The molecule has 0 fully saturated rings. The van der Waals surface area contributed by atoms with E-state index in [0.717, 1.165) is 17.4 Å². The smallest absolute Gasteiger partial charge is 0.341 e. The molecule has 1 N–H and O–H groups in total. The summed E-state index contributed by atoms with van der Waals surface area (Å²) in [6.07, 6.45) is 4.80. The Morgan fingerprint density at radius 2 is 2.08 bits per heavy atom. The van der Waals surface area contributed by atoms with Gasteiger partial charge in [0, 0.05) is 11.0 Å². The molecule has 0 spiro atoms. The molecule has 26 heavy (non-hydrogen) atoms. The van der Waals surface area contributed by atoms with Gasteiger partial charge in [-0.2, -0.15) is 0 Å². The van der Waals surface area contributed by atoms with E-state index >= 15 is 0 Å². The van der Waals surface area contributed by atoms with Crippen molar-refractivity contribution in [2.24, 2.45) is 0 Å². The standard InChI is InChI=1S/C18H19NO6S/c1-3-13-10-14(18(22)23-4-2)17(26-13)19-15(20)11-25-16(21)8-7-12-6-5-9-24-12/h5-10H,3-4,11H2,1-2H3,(H,19,20)/b8-7+. The van der Waals surface area contributed by atoms with Crippen LogP contribution in [0.4, 0.5) is 5.00 Å². The zero-order valence-electron chi connectivity index (χ0n) is 14.4. The van der Waals surface area contributed by atoms with Gasteiger partial charge in [0.25, 0.3) is 5.91 Å². The van der Waals surface area contributed by atoms with Crippen LogP contribution in [0.3, 0.4) is 0 Å². The molecule has 2 aromatic rings. The van der Waals surface area contributed by atoms with Crippen LogP contribution in [0.2, 0.25) is 0 Å². The molecule has 138 valence electrons. The molecule has 2 heterocycles. The van der Waals surface area contributed by atoms with Crippen molar-refractivity contribution in [2.45, 2.75) is 20.3 Å². The summed E-state index contributed by atoms with van der Waals surface area (Å²) < 4.78 is 14.9. The lowest BCUT2D eigenvalue weighted by atomic mass is 10.2. The average molecular weight is 377 g/mol. The highest BCUT2D eigenvalue weighted by atomic mass is 32.1. The second kappa shape index (κ2) is 9.57. The number of carbonyl (C=O) groups excluding carboxylic acids is 3. The summed E-state index contributed by atoms with van der Waals surface area (Å²) in [6.45, 7) is 3.42. The molecule has 7 nitrogen and oxygen atoms in total. The van der Waals surface area contributed by atoms with Crippen molar-refractivity contribution >= 4 is 40.3 Å². The van der Waals surface area contributed by atoms with Gasteiger partial charge in [-0.15, -0.1) is 11.3 Å². The predicted octanol–water partition coefficient (Wildman–Crippen LogP) is 3.28. The molecular formula is C18H19NO6S. The Morgan fingerprint density at radius 1 is 1.27 bits per heavy atom. The van der Waals surface area contributed by atoms with Crippen LogP contribution in [0.25, 0.3) is 6.08 Å². The Hall–Kier alpha value is -2.87. The Morgan fingerprint density at radius 3 is 2.73 bits per heavy atom. The van der Waals surface area contributed by atoms with Crippen LogP contribution in [0.15, 0.2) is 35.0 Å². The topological polar surface area (TPSA) is 94.8 Å². The molecule has 0 aromatic carbocycles. The predicted molar refractivity (Wildman–Crippen MR) is 97.0 cm³/mol. The average Bonchev–Trinajstić information content (AvgIpc) is 3.28. The number of esters is 2. The highest BCUT2D eigenvalue weighted by molar-refractivity contribution is 7.16. The van der Waals surface area contributed by atoms with E-state index in [1.165, 1.54) is 23.7 Å². The maximum Gasteiger partial charge on any atom is 0.341 e. The van der Waals surface area contributed by atoms with Gasteiger partial charge in [-0.1, -0.05) is 6.92 Å². The summed E-state index contributed by atoms with van der Waals surface area (Å²) in [6, 6.07) is 5.05. The lowest BCUT2D eigenvalue weighted by Crippen LogP contribution is -2.20. The maximum atomic E-state index is 12.0. The van der Waals surface area contributed by atoms with E-state index in [-0.39, 0.29) is 6.61 Å². The molecule has 0 unspecified atom stereocenters. The Balaban J connectivity index is 1.91. The molecule has 2 aromatic heterocycles. The van der Waals surface area contributed by atoms with E-state index in [1.807, 2.05) is 6.92 Å². The first-order chi connectivity index (χ1) is 12.5. The van der Waals surface area contributed by atoms with Crippen LogP contribution in [-0.4, -0.2) is 31.1 Å². The third-order valence-corrected chi connectivity index (χ3v) is 4.35. The Kier molecular flexibility index (Phi) is 7.16. The van der Waals surface area contributed by atoms with Crippen LogP contribution in [-0.2, 0) is 25.5 Å². The van der Waals surface area contributed by atoms with Crippen LogP contribution in [0.5, 0.6) is 0 Å². The second-order valence-corrected chi connectivity index (χ2v) is 6.17. The fourth-order valence-corrected chi connectivity index (χ4v) is 2.95. The molecule has 0 aliphatic heterocycles. The van der Waals surface area contributed by atoms with Crippen molar-refractivity contribution in [1.29, 1.82) is 0 Å². The molecule has 0 aliphatic carbocycles. The van der Waals surface area contributed by atoms with Crippen molar-refractivity contribution in [1.82, 2.24) is 0 Å². The highest BCUT2D eigenvalue weighted by Crippen LogP contribution is 2.29. The van der Waals surface area contributed by atoms with Gasteiger partial charge < -0.3 is 19.2 Å². The number of nitrogens with one attached hydrogen (secondary N) is 1. The lowest BCUT2D eigenvalue weighted by Gasteiger charge is -2.06. The highest BCUT2D eigenvalue weighted by Gasteiger charge is 2.19. The molecule has 0 saturated heterocycles. The van der Waals surface area contributed by atoms with E-state index in [1.54, 1.807) is 25.1 Å². The Labute approximate surface area is 154 Å². The normalized spacial score (nSPS) is 10.7. The molecule has 0 bridgehead atoms. The third kappa shape index (κ3) is 5.59. The van der Waals surface area contributed by atoms with Crippen molar-refractivity contribution in [3.63, 3.8) is 0 Å². The summed E-state index contributed by atoms with van der Waals surface area (Å²) in [5.74, 6) is -1.23. The number of aryl methyl sites for hydroxylation is 1. The van der Waals surface area contributed by atoms with E-state index in [9.17, 15) is 14.4 Å². The number of carbonyl (C=O) groups is 3. The third-order valence-electron chi connectivity index (χ3n) is 3.15. The van der Waals surface area contributed by atoms with Crippen molar-refractivity contribution in [2.75, 3.05) is 18.5 Å². The minimum Gasteiger partial charge on any atom is -0.465 e. The molecule has 0 saturated carbocycles. The first kappa shape index (κ1) is 19.5. The molecule has 0 atom stereocenters. The largest absolute Gasteiger partial charge is 0.465 e. The molecule has 0 radical (unpaired) electrons. The molecular weight excluding hydrogens is 358 g/mol. The molecule has 8 heteroatoms. The maximum absolute atomic E-state index is 12.0. The summed E-state index contributed by atoms with van der Waals surface area (Å²) in [5.41, 5.74) is 0.297. The van der Waals surface area contributed by atoms with Gasteiger partial charge in [-0.05, 0) is 37.6 Å². The Bertz CT molecular complexity index is 791. The minimum absolute atomic E-state index is 0.239. The van der Waals surface area contributed by atoms with Crippen molar-refractivity contribution in [3.05, 3.63) is 46.7 Å². The summed E-state index contributed by atoms with van der Waals surface area (Å²) in [7, 11) is 0. The molecule has 2 rings (SSSR count). The second-order valence-electron chi connectivity index (χ2n) is 5.03. The van der Waals surface area contributed by atoms with E-state index < -0.39 is 24.5 Å². The quantitative estimate of drug-likeness (QED) is 0.560. The summed E-state index contributed by atoms with van der Waals surface area (Å²) in [4.78, 5) is 36.5. The number of ether oxygens (including phenoxy) is 2. The van der Waals surface area contributed by atoms with Gasteiger partial charge in [0.15, 0.2) is 6.61 Å². The van der Waals surface area contributed by atoms with Crippen molar-refractivity contribution < 1.29 is 28.3 Å². The van der Waals surface area contributed by atoms with Crippen LogP contribution in [0.1, 0.15) is 34.8 Å². The van der Waals surface area contributed by atoms with Gasteiger partial charge in [0.1, 0.15) is 10.8 Å². The summed E-state index contributed by atoms with van der Waals surface area (Å²) >= 11 is 1.29. The SMILES string of the molecule is CCOC(=O)c1cc(CC)sc1NC(=O)COC(=O)/C=C/c1ccco1. The fraction of sp³-hybridized carbons (Fsp3) is 0.278. The lowest BCUT2D eigenvalue weighted by molar-refractivity contribution is -0.142. The summed E-state index contributed by atoms with van der Waals surface area (Å²) in [5, 5.41) is 2.97. The van der Waals surface area contributed by atoms with E-state index in [0.29, 0.717) is 16.3 Å². The molecule has 1 amide bonds. The first-order valence-electron chi connectivity index (χ1n) is 8.01. The van der Waals surface area contributed by atoms with E-state index in [4.69, 9.17) is 13.9 Å². The zero-order valence-corrected chi connectivity index (χ0v) is 15.3. The number of furan rings is 1. The van der Waals surface area contributed by atoms with Gasteiger partial charge >= 0.3 is 11.9 Å². The number of hydrogen-bond donors (Lipinski definition) is 1. The zero-order chi connectivity index (χ0) is 18.9. The van der Waals surface area contributed by atoms with Crippen LogP contribution < -0.4 is 5.32 Å². The number of thiophene rings is 1. The number of amides is 1. The van der Waals surface area contributed by atoms with Crippen LogP contribution >= 0.6 is 11.3 Å². The number of hydrogen-bond acceptors (Lipinski definition) is 7. The van der Waals surface area contributed by atoms with Crippen molar-refractivity contribution in [3.8, 4) is 0 Å². The first-order valence-corrected chi connectivity index (χ1v) is 8.83. The fourth-order valence-electron chi connectivity index (χ4n) is 1.95. The van der Waals surface area contributed by atoms with Gasteiger partial charge in [0.2, 0.25) is 0 Å². The van der Waals surface area contributed by atoms with Gasteiger partial charge in [-0.25, -0.2) is 9.59 Å². The van der Waals surface area contributed by atoms with Crippen LogP contribution in [0, 0.1) is 0 Å². The number of anilines is 1. The van der Waals surface area contributed by atoms with Gasteiger partial charge in [0.05, 0.1) is 18.4 Å².